The highest BCUT2D eigenvalue weighted by Crippen LogP contribution is 2.24. The van der Waals surface area contributed by atoms with Gasteiger partial charge in [-0.05, 0) is 45.5 Å². The highest BCUT2D eigenvalue weighted by Gasteiger charge is 2.29. The van der Waals surface area contributed by atoms with Crippen LogP contribution in [0.5, 0.6) is 0 Å². The van der Waals surface area contributed by atoms with Gasteiger partial charge in [0.1, 0.15) is 0 Å². The number of carbonyl (C=O) groups is 1. The molecule has 0 saturated heterocycles. The zero-order valence-corrected chi connectivity index (χ0v) is 13.0. The maximum absolute atomic E-state index is 12.2. The number of rotatable bonds is 5. The SMILES string of the molecule is CNC(C)CNC(=O)C(C)(C)c1ccc(Br)cc1. The smallest absolute Gasteiger partial charge is 0.230 e. The van der Waals surface area contributed by atoms with Gasteiger partial charge in [-0.15, -0.1) is 0 Å². The third-order valence-electron chi connectivity index (χ3n) is 3.20. The first-order valence-electron chi connectivity index (χ1n) is 6.09. The molecular formula is C14H21BrN2O. The molecule has 18 heavy (non-hydrogen) atoms. The third-order valence-corrected chi connectivity index (χ3v) is 3.72. The van der Waals surface area contributed by atoms with Gasteiger partial charge in [-0.1, -0.05) is 28.1 Å². The lowest BCUT2D eigenvalue weighted by atomic mass is 9.84. The van der Waals surface area contributed by atoms with E-state index in [-0.39, 0.29) is 11.9 Å². The van der Waals surface area contributed by atoms with E-state index in [0.29, 0.717) is 6.54 Å². The Balaban J connectivity index is 2.73. The largest absolute Gasteiger partial charge is 0.354 e. The van der Waals surface area contributed by atoms with E-state index in [4.69, 9.17) is 0 Å². The molecule has 0 radical (unpaired) electrons. The Morgan fingerprint density at radius 3 is 2.39 bits per heavy atom. The molecule has 0 fully saturated rings. The second-order valence-corrected chi connectivity index (χ2v) is 5.95. The summed E-state index contributed by atoms with van der Waals surface area (Å²) < 4.78 is 1.02. The molecule has 1 aromatic carbocycles. The van der Waals surface area contributed by atoms with Crippen molar-refractivity contribution in [1.82, 2.24) is 10.6 Å². The zero-order valence-electron chi connectivity index (χ0n) is 11.4. The molecule has 0 bridgehead atoms. The Labute approximate surface area is 117 Å². The Kier molecular flexibility index (Phi) is 5.35. The standard InChI is InChI=1S/C14H21BrN2O/c1-10(16-4)9-17-13(18)14(2,3)11-5-7-12(15)8-6-11/h5-8,10,16H,9H2,1-4H3,(H,17,18). The summed E-state index contributed by atoms with van der Waals surface area (Å²) in [5, 5.41) is 6.07. The molecule has 1 atom stereocenters. The molecule has 1 unspecified atom stereocenters. The summed E-state index contributed by atoms with van der Waals surface area (Å²) in [4.78, 5) is 12.2. The molecular weight excluding hydrogens is 292 g/mol. The maximum atomic E-state index is 12.2. The molecule has 1 aromatic rings. The summed E-state index contributed by atoms with van der Waals surface area (Å²) in [5.74, 6) is 0.0481. The topological polar surface area (TPSA) is 41.1 Å². The summed E-state index contributed by atoms with van der Waals surface area (Å²) in [6.07, 6.45) is 0. The summed E-state index contributed by atoms with van der Waals surface area (Å²) >= 11 is 3.40. The molecule has 100 valence electrons. The number of nitrogens with one attached hydrogen (secondary N) is 2. The lowest BCUT2D eigenvalue weighted by Gasteiger charge is -2.25. The van der Waals surface area contributed by atoms with Crippen LogP contribution in [0.1, 0.15) is 26.3 Å². The van der Waals surface area contributed by atoms with E-state index in [9.17, 15) is 4.79 Å². The Hall–Kier alpha value is -0.870. The average Bonchev–Trinajstić information content (AvgIpc) is 2.35. The van der Waals surface area contributed by atoms with Crippen molar-refractivity contribution in [3.05, 3.63) is 34.3 Å². The fourth-order valence-corrected chi connectivity index (χ4v) is 1.83. The van der Waals surface area contributed by atoms with Gasteiger partial charge < -0.3 is 10.6 Å². The van der Waals surface area contributed by atoms with E-state index >= 15 is 0 Å². The van der Waals surface area contributed by atoms with E-state index in [2.05, 4.69) is 26.6 Å². The zero-order chi connectivity index (χ0) is 13.8. The number of halogens is 1. The first-order valence-corrected chi connectivity index (χ1v) is 6.89. The Bertz CT molecular complexity index is 401. The lowest BCUT2D eigenvalue weighted by Crippen LogP contribution is -2.45. The molecule has 0 aliphatic rings. The number of amides is 1. The quantitative estimate of drug-likeness (QED) is 0.877. The molecule has 0 heterocycles. The molecule has 0 aliphatic heterocycles. The van der Waals surface area contributed by atoms with Crippen LogP contribution in [0.4, 0.5) is 0 Å². The van der Waals surface area contributed by atoms with E-state index in [1.165, 1.54) is 0 Å². The van der Waals surface area contributed by atoms with Crippen LogP contribution in [-0.2, 0) is 10.2 Å². The molecule has 0 spiro atoms. The minimum absolute atomic E-state index is 0.0481. The highest BCUT2D eigenvalue weighted by atomic mass is 79.9. The van der Waals surface area contributed by atoms with E-state index in [0.717, 1.165) is 10.0 Å². The van der Waals surface area contributed by atoms with Crippen molar-refractivity contribution in [3.8, 4) is 0 Å². The molecule has 0 aromatic heterocycles. The van der Waals surface area contributed by atoms with Gasteiger partial charge in [-0.3, -0.25) is 4.79 Å². The van der Waals surface area contributed by atoms with Crippen LogP contribution < -0.4 is 10.6 Å². The molecule has 0 saturated carbocycles. The van der Waals surface area contributed by atoms with E-state index in [1.54, 1.807) is 0 Å². The Morgan fingerprint density at radius 1 is 1.33 bits per heavy atom. The predicted octanol–water partition coefficient (Wildman–Crippen LogP) is 2.45. The second kappa shape index (κ2) is 6.34. The normalized spacial score (nSPS) is 13.2. The van der Waals surface area contributed by atoms with E-state index < -0.39 is 5.41 Å². The van der Waals surface area contributed by atoms with Gasteiger partial charge in [0.25, 0.3) is 0 Å². The molecule has 3 nitrogen and oxygen atoms in total. The average molecular weight is 313 g/mol. The second-order valence-electron chi connectivity index (χ2n) is 5.03. The Morgan fingerprint density at radius 2 is 1.89 bits per heavy atom. The number of likely N-dealkylation sites (N-methyl/N-ethyl adjacent to an activating group) is 1. The van der Waals surface area contributed by atoms with Gasteiger partial charge in [0.2, 0.25) is 5.91 Å². The van der Waals surface area contributed by atoms with Crippen LogP contribution in [0.3, 0.4) is 0 Å². The molecule has 1 amide bonds. The summed E-state index contributed by atoms with van der Waals surface area (Å²) in [6, 6.07) is 8.15. The van der Waals surface area contributed by atoms with Crippen molar-refractivity contribution < 1.29 is 4.79 Å². The van der Waals surface area contributed by atoms with Crippen LogP contribution >= 0.6 is 15.9 Å². The fourth-order valence-electron chi connectivity index (χ4n) is 1.57. The van der Waals surface area contributed by atoms with Gasteiger partial charge in [-0.25, -0.2) is 0 Å². The summed E-state index contributed by atoms with van der Waals surface area (Å²) in [7, 11) is 1.89. The number of carbonyl (C=O) groups excluding carboxylic acids is 1. The number of hydrogen-bond acceptors (Lipinski definition) is 2. The molecule has 4 heteroatoms. The summed E-state index contributed by atoms with van der Waals surface area (Å²) in [6.45, 7) is 6.55. The number of hydrogen-bond donors (Lipinski definition) is 2. The van der Waals surface area contributed by atoms with Crippen molar-refractivity contribution in [2.45, 2.75) is 32.2 Å². The van der Waals surface area contributed by atoms with Crippen LogP contribution in [-0.4, -0.2) is 25.5 Å². The maximum Gasteiger partial charge on any atom is 0.230 e. The van der Waals surface area contributed by atoms with Gasteiger partial charge >= 0.3 is 0 Å². The summed E-state index contributed by atoms with van der Waals surface area (Å²) in [5.41, 5.74) is 0.494. The van der Waals surface area contributed by atoms with Crippen molar-refractivity contribution in [3.63, 3.8) is 0 Å². The lowest BCUT2D eigenvalue weighted by molar-refractivity contribution is -0.125. The van der Waals surface area contributed by atoms with E-state index in [1.807, 2.05) is 52.1 Å². The van der Waals surface area contributed by atoms with Crippen molar-refractivity contribution in [2.24, 2.45) is 0 Å². The first-order chi connectivity index (χ1) is 8.37. The molecule has 0 aliphatic carbocycles. The van der Waals surface area contributed by atoms with Crippen LogP contribution in [0.2, 0.25) is 0 Å². The number of benzene rings is 1. The molecule has 1 rings (SSSR count). The fraction of sp³-hybridized carbons (Fsp3) is 0.500. The van der Waals surface area contributed by atoms with Crippen LogP contribution in [0, 0.1) is 0 Å². The van der Waals surface area contributed by atoms with Gasteiger partial charge in [-0.2, -0.15) is 0 Å². The highest BCUT2D eigenvalue weighted by molar-refractivity contribution is 9.10. The predicted molar refractivity (Wildman–Crippen MR) is 78.7 cm³/mol. The van der Waals surface area contributed by atoms with Crippen LogP contribution in [0.25, 0.3) is 0 Å². The van der Waals surface area contributed by atoms with Crippen molar-refractivity contribution in [1.29, 1.82) is 0 Å². The van der Waals surface area contributed by atoms with Gasteiger partial charge in [0.15, 0.2) is 0 Å². The third kappa shape index (κ3) is 3.82. The van der Waals surface area contributed by atoms with Crippen LogP contribution in [0.15, 0.2) is 28.7 Å². The monoisotopic (exact) mass is 312 g/mol. The first kappa shape index (κ1) is 15.2. The molecule has 2 N–H and O–H groups in total. The van der Waals surface area contributed by atoms with Gasteiger partial charge in [0, 0.05) is 17.1 Å². The van der Waals surface area contributed by atoms with Crippen molar-refractivity contribution in [2.75, 3.05) is 13.6 Å². The minimum Gasteiger partial charge on any atom is -0.354 e. The van der Waals surface area contributed by atoms with Gasteiger partial charge in [0.05, 0.1) is 5.41 Å². The minimum atomic E-state index is -0.520. The van der Waals surface area contributed by atoms with Crippen molar-refractivity contribution >= 4 is 21.8 Å².